The molecule has 0 aliphatic carbocycles. The third-order valence-corrected chi connectivity index (χ3v) is 4.81. The minimum Gasteiger partial charge on any atom is -0.378 e. The van der Waals surface area contributed by atoms with Crippen molar-refractivity contribution >= 4 is 0 Å². The Labute approximate surface area is 124 Å². The summed E-state index contributed by atoms with van der Waals surface area (Å²) >= 11 is 0. The van der Waals surface area contributed by atoms with Crippen molar-refractivity contribution in [3.63, 3.8) is 0 Å². The van der Waals surface area contributed by atoms with Gasteiger partial charge in [0.1, 0.15) is 5.82 Å². The summed E-state index contributed by atoms with van der Waals surface area (Å²) in [6.07, 6.45) is 2.65. The monoisotopic (exact) mass is 294 g/mol. The molecular formula is C16H23FN2O2. The number of nitrogens with two attached hydrogens (primary N) is 1. The Morgan fingerprint density at radius 1 is 1.43 bits per heavy atom. The number of hydrogen-bond acceptors (Lipinski definition) is 4. The van der Waals surface area contributed by atoms with E-state index in [1.54, 1.807) is 13.0 Å². The predicted molar refractivity (Wildman–Crippen MR) is 78.0 cm³/mol. The van der Waals surface area contributed by atoms with Crippen molar-refractivity contribution in [2.24, 2.45) is 11.8 Å². The minimum atomic E-state index is -0.196. The van der Waals surface area contributed by atoms with Gasteiger partial charge >= 0.3 is 0 Å². The van der Waals surface area contributed by atoms with Crippen LogP contribution >= 0.6 is 0 Å². The topological polar surface area (TPSA) is 56.5 Å². The van der Waals surface area contributed by atoms with Crippen molar-refractivity contribution < 1.29 is 13.9 Å². The van der Waals surface area contributed by atoms with Crippen molar-refractivity contribution in [3.8, 4) is 0 Å². The van der Waals surface area contributed by atoms with Gasteiger partial charge < -0.3 is 9.47 Å². The van der Waals surface area contributed by atoms with Crippen LogP contribution in [-0.4, -0.2) is 25.4 Å². The number of rotatable bonds is 3. The van der Waals surface area contributed by atoms with Crippen molar-refractivity contribution in [3.05, 3.63) is 35.1 Å². The summed E-state index contributed by atoms with van der Waals surface area (Å²) in [6, 6.07) is 5.29. The van der Waals surface area contributed by atoms with Crippen molar-refractivity contribution in [2.45, 2.75) is 37.8 Å². The number of nitrogens with one attached hydrogen (secondary N) is 1. The second kappa shape index (κ2) is 6.01. The Morgan fingerprint density at radius 2 is 2.29 bits per heavy atom. The third kappa shape index (κ3) is 2.83. The van der Waals surface area contributed by atoms with Gasteiger partial charge in [-0.1, -0.05) is 18.2 Å². The smallest absolute Gasteiger partial charge is 0.130 e. The van der Waals surface area contributed by atoms with Gasteiger partial charge in [-0.3, -0.25) is 11.3 Å². The molecule has 0 bridgehead atoms. The fourth-order valence-corrected chi connectivity index (χ4v) is 3.60. The molecular weight excluding hydrogens is 271 g/mol. The van der Waals surface area contributed by atoms with Gasteiger partial charge in [-0.15, -0.1) is 0 Å². The quantitative estimate of drug-likeness (QED) is 0.663. The lowest BCUT2D eigenvalue weighted by Gasteiger charge is -2.40. The van der Waals surface area contributed by atoms with Crippen molar-refractivity contribution in [2.75, 3.05) is 19.8 Å². The normalized spacial score (nSPS) is 30.7. The first-order valence-corrected chi connectivity index (χ1v) is 7.58. The summed E-state index contributed by atoms with van der Waals surface area (Å²) in [7, 11) is 0. The molecule has 116 valence electrons. The van der Waals surface area contributed by atoms with Gasteiger partial charge in [0, 0.05) is 25.2 Å². The number of hydrogen-bond donors (Lipinski definition) is 2. The summed E-state index contributed by atoms with van der Waals surface area (Å²) in [5.41, 5.74) is 3.93. The first kappa shape index (κ1) is 14.9. The average molecular weight is 294 g/mol. The molecule has 1 aromatic rings. The third-order valence-electron chi connectivity index (χ3n) is 4.81. The van der Waals surface area contributed by atoms with E-state index in [2.05, 4.69) is 5.43 Å². The molecule has 2 fully saturated rings. The molecule has 3 unspecified atom stereocenters. The minimum absolute atomic E-state index is 0.163. The summed E-state index contributed by atoms with van der Waals surface area (Å²) in [6.45, 7) is 3.84. The standard InChI is InChI=1S/C16H23FN2O2/c1-11-3-2-4-13(14(11)17)15(19-18)12-5-7-21-16(9-12)6-8-20-10-16/h2-4,12,15,19H,5-10,18H2,1H3. The van der Waals surface area contributed by atoms with Crippen LogP contribution in [0.15, 0.2) is 18.2 Å². The fraction of sp³-hybridized carbons (Fsp3) is 0.625. The van der Waals surface area contributed by atoms with Crippen LogP contribution in [0, 0.1) is 18.7 Å². The lowest BCUT2D eigenvalue weighted by atomic mass is 9.79. The van der Waals surface area contributed by atoms with E-state index in [-0.39, 0.29) is 23.4 Å². The SMILES string of the molecule is Cc1cccc(C(NN)C2CCOC3(CCOC3)C2)c1F. The zero-order valence-electron chi connectivity index (χ0n) is 12.4. The molecule has 0 radical (unpaired) electrons. The van der Waals surface area contributed by atoms with Gasteiger partial charge in [0.25, 0.3) is 0 Å². The van der Waals surface area contributed by atoms with E-state index in [0.717, 1.165) is 25.9 Å². The van der Waals surface area contributed by atoms with Crippen LogP contribution in [0.3, 0.4) is 0 Å². The van der Waals surface area contributed by atoms with Crippen LogP contribution in [0.5, 0.6) is 0 Å². The maximum absolute atomic E-state index is 14.4. The van der Waals surface area contributed by atoms with Crippen molar-refractivity contribution in [1.82, 2.24) is 5.43 Å². The molecule has 2 aliphatic rings. The first-order chi connectivity index (χ1) is 10.2. The van der Waals surface area contributed by atoms with E-state index < -0.39 is 0 Å². The first-order valence-electron chi connectivity index (χ1n) is 7.58. The molecule has 3 rings (SSSR count). The lowest BCUT2D eigenvalue weighted by Crippen LogP contribution is -2.45. The molecule has 1 aromatic carbocycles. The molecule has 0 aromatic heterocycles. The summed E-state index contributed by atoms with van der Waals surface area (Å²) in [4.78, 5) is 0. The van der Waals surface area contributed by atoms with E-state index >= 15 is 0 Å². The Kier molecular flexibility index (Phi) is 4.26. The Bertz CT molecular complexity index is 503. The molecule has 2 saturated heterocycles. The van der Waals surface area contributed by atoms with E-state index in [0.29, 0.717) is 24.3 Å². The number of ether oxygens (including phenoxy) is 2. The highest BCUT2D eigenvalue weighted by atomic mass is 19.1. The maximum Gasteiger partial charge on any atom is 0.130 e. The van der Waals surface area contributed by atoms with E-state index in [4.69, 9.17) is 15.3 Å². The van der Waals surface area contributed by atoms with Crippen molar-refractivity contribution in [1.29, 1.82) is 0 Å². The molecule has 1 spiro atoms. The highest BCUT2D eigenvalue weighted by Gasteiger charge is 2.43. The molecule has 2 heterocycles. The van der Waals surface area contributed by atoms with Gasteiger partial charge in [-0.2, -0.15) is 0 Å². The molecule has 21 heavy (non-hydrogen) atoms. The van der Waals surface area contributed by atoms with Gasteiger partial charge in [0.15, 0.2) is 0 Å². The molecule has 3 N–H and O–H groups in total. The zero-order valence-corrected chi connectivity index (χ0v) is 12.4. The van der Waals surface area contributed by atoms with E-state index in [1.165, 1.54) is 0 Å². The summed E-state index contributed by atoms with van der Waals surface area (Å²) in [5, 5.41) is 0. The van der Waals surface area contributed by atoms with Crippen LogP contribution < -0.4 is 11.3 Å². The second-order valence-electron chi connectivity index (χ2n) is 6.21. The van der Waals surface area contributed by atoms with Crippen LogP contribution in [0.1, 0.15) is 36.4 Å². The number of halogens is 1. The Morgan fingerprint density at radius 3 is 3.00 bits per heavy atom. The maximum atomic E-state index is 14.4. The number of aryl methyl sites for hydroxylation is 1. The zero-order chi connectivity index (χ0) is 14.9. The fourth-order valence-electron chi connectivity index (χ4n) is 3.60. The number of benzene rings is 1. The molecule has 0 saturated carbocycles. The highest BCUT2D eigenvalue weighted by Crippen LogP contribution is 2.41. The molecule has 5 heteroatoms. The van der Waals surface area contributed by atoms with Crippen LogP contribution in [0.4, 0.5) is 4.39 Å². The Balaban J connectivity index is 1.84. The van der Waals surface area contributed by atoms with Gasteiger partial charge in [-0.05, 0) is 31.2 Å². The van der Waals surface area contributed by atoms with Gasteiger partial charge in [0.05, 0.1) is 18.2 Å². The van der Waals surface area contributed by atoms with Crippen LogP contribution in [0.2, 0.25) is 0 Å². The predicted octanol–water partition coefficient (Wildman–Crippen LogP) is 2.22. The summed E-state index contributed by atoms with van der Waals surface area (Å²) in [5.74, 6) is 5.84. The Hall–Kier alpha value is -1.01. The van der Waals surface area contributed by atoms with Crippen LogP contribution in [-0.2, 0) is 9.47 Å². The van der Waals surface area contributed by atoms with Gasteiger partial charge in [0.2, 0.25) is 0 Å². The van der Waals surface area contributed by atoms with Gasteiger partial charge in [-0.25, -0.2) is 4.39 Å². The molecule has 4 nitrogen and oxygen atoms in total. The van der Waals surface area contributed by atoms with E-state index in [9.17, 15) is 4.39 Å². The van der Waals surface area contributed by atoms with E-state index in [1.807, 2.05) is 12.1 Å². The van der Waals surface area contributed by atoms with Crippen LogP contribution in [0.25, 0.3) is 0 Å². The average Bonchev–Trinajstić information content (AvgIpc) is 2.92. The summed E-state index contributed by atoms with van der Waals surface area (Å²) < 4.78 is 25.9. The highest BCUT2D eigenvalue weighted by molar-refractivity contribution is 5.28. The lowest BCUT2D eigenvalue weighted by molar-refractivity contribution is -0.103. The second-order valence-corrected chi connectivity index (χ2v) is 6.21. The molecule has 0 amide bonds. The molecule has 3 atom stereocenters. The molecule has 2 aliphatic heterocycles. The number of hydrazine groups is 1. The largest absolute Gasteiger partial charge is 0.378 e.